The Balaban J connectivity index is 2.98. The molecular formula is C18H31N. The Bertz CT molecular complexity index is 401. The molecule has 0 aliphatic carbocycles. The molecule has 108 valence electrons. The van der Waals surface area contributed by atoms with E-state index >= 15 is 0 Å². The molecule has 0 aliphatic heterocycles. The van der Waals surface area contributed by atoms with Crippen LogP contribution in [0.25, 0.3) is 0 Å². The van der Waals surface area contributed by atoms with E-state index in [2.05, 4.69) is 60.6 Å². The van der Waals surface area contributed by atoms with Gasteiger partial charge in [0.05, 0.1) is 0 Å². The minimum absolute atomic E-state index is 0.216. The highest BCUT2D eigenvalue weighted by Crippen LogP contribution is 2.27. The zero-order chi connectivity index (χ0) is 14.8. The molecule has 0 amide bonds. The van der Waals surface area contributed by atoms with Gasteiger partial charge < -0.3 is 5.73 Å². The second-order valence-corrected chi connectivity index (χ2v) is 7.43. The largest absolute Gasteiger partial charge is 0.327 e. The van der Waals surface area contributed by atoms with Gasteiger partial charge in [0, 0.05) is 6.04 Å². The van der Waals surface area contributed by atoms with E-state index in [0.717, 1.165) is 12.8 Å². The van der Waals surface area contributed by atoms with E-state index in [1.54, 1.807) is 0 Å². The van der Waals surface area contributed by atoms with E-state index in [1.165, 1.54) is 22.3 Å². The van der Waals surface area contributed by atoms with E-state index in [0.29, 0.717) is 5.92 Å². The van der Waals surface area contributed by atoms with Crippen LogP contribution in [0.2, 0.25) is 0 Å². The van der Waals surface area contributed by atoms with Crippen molar-refractivity contribution in [2.75, 3.05) is 0 Å². The van der Waals surface area contributed by atoms with Crippen LogP contribution in [0.1, 0.15) is 63.3 Å². The second kappa shape index (κ2) is 6.09. The first-order valence-corrected chi connectivity index (χ1v) is 7.47. The highest BCUT2D eigenvalue weighted by molar-refractivity contribution is 5.40. The number of hydrogen-bond donors (Lipinski definition) is 1. The topological polar surface area (TPSA) is 26.0 Å². The summed E-state index contributed by atoms with van der Waals surface area (Å²) in [6.07, 6.45) is 2.10. The summed E-state index contributed by atoms with van der Waals surface area (Å²) < 4.78 is 0. The van der Waals surface area contributed by atoms with Gasteiger partial charge in [0.2, 0.25) is 0 Å². The molecule has 2 N–H and O–H groups in total. The summed E-state index contributed by atoms with van der Waals surface area (Å²) in [6.45, 7) is 15.7. The Morgan fingerprint density at radius 1 is 1.05 bits per heavy atom. The van der Waals surface area contributed by atoms with E-state index in [9.17, 15) is 0 Å². The lowest BCUT2D eigenvalue weighted by atomic mass is 9.82. The number of hydrogen-bond acceptors (Lipinski definition) is 1. The number of rotatable bonds is 4. The smallest absolute Gasteiger partial charge is 0.00819 e. The summed E-state index contributed by atoms with van der Waals surface area (Å²) in [6, 6.07) is 4.95. The van der Waals surface area contributed by atoms with Crippen molar-refractivity contribution < 1.29 is 0 Å². The third-order valence-electron chi connectivity index (χ3n) is 3.80. The average molecular weight is 261 g/mol. The van der Waals surface area contributed by atoms with Crippen LogP contribution in [0.4, 0.5) is 0 Å². The number of aryl methyl sites for hydroxylation is 2. The van der Waals surface area contributed by atoms with Crippen molar-refractivity contribution in [3.8, 4) is 0 Å². The van der Waals surface area contributed by atoms with Crippen molar-refractivity contribution in [2.24, 2.45) is 11.7 Å². The van der Waals surface area contributed by atoms with Crippen molar-refractivity contribution in [3.63, 3.8) is 0 Å². The molecular weight excluding hydrogens is 230 g/mol. The Morgan fingerprint density at radius 2 is 1.53 bits per heavy atom. The van der Waals surface area contributed by atoms with Gasteiger partial charge in [0.1, 0.15) is 0 Å². The summed E-state index contributed by atoms with van der Waals surface area (Å²) in [7, 11) is 0. The van der Waals surface area contributed by atoms with Crippen LogP contribution >= 0.6 is 0 Å². The molecule has 1 aromatic carbocycles. The lowest BCUT2D eigenvalue weighted by Crippen LogP contribution is -2.25. The monoisotopic (exact) mass is 261 g/mol. The molecule has 0 aromatic heterocycles. The highest BCUT2D eigenvalue weighted by atomic mass is 14.6. The van der Waals surface area contributed by atoms with Gasteiger partial charge in [0.15, 0.2) is 0 Å². The molecule has 0 spiro atoms. The van der Waals surface area contributed by atoms with Gasteiger partial charge in [-0.2, -0.15) is 0 Å². The fourth-order valence-electron chi connectivity index (χ4n) is 2.70. The summed E-state index contributed by atoms with van der Waals surface area (Å²) in [5, 5.41) is 0. The molecule has 19 heavy (non-hydrogen) atoms. The van der Waals surface area contributed by atoms with Crippen LogP contribution in [0.5, 0.6) is 0 Å². The first kappa shape index (κ1) is 16.2. The quantitative estimate of drug-likeness (QED) is 0.847. The molecule has 1 nitrogen and oxygen atoms in total. The summed E-state index contributed by atoms with van der Waals surface area (Å²) in [5.74, 6) is 0.671. The van der Waals surface area contributed by atoms with Crippen LogP contribution in [0, 0.1) is 19.8 Å². The van der Waals surface area contributed by atoms with Crippen molar-refractivity contribution in [1.82, 2.24) is 0 Å². The first-order valence-electron chi connectivity index (χ1n) is 7.47. The maximum Gasteiger partial charge on any atom is 0.00819 e. The minimum Gasteiger partial charge on any atom is -0.327 e. The molecule has 0 heterocycles. The third-order valence-corrected chi connectivity index (χ3v) is 3.80. The van der Waals surface area contributed by atoms with Gasteiger partial charge in [-0.3, -0.25) is 0 Å². The number of nitrogens with two attached hydrogens (primary N) is 1. The fraction of sp³-hybridized carbons (Fsp3) is 0.667. The maximum absolute atomic E-state index is 6.27. The summed E-state index contributed by atoms with van der Waals surface area (Å²) in [5.41, 5.74) is 12.1. The van der Waals surface area contributed by atoms with Gasteiger partial charge in [-0.15, -0.1) is 0 Å². The van der Waals surface area contributed by atoms with E-state index in [-0.39, 0.29) is 11.5 Å². The fourth-order valence-corrected chi connectivity index (χ4v) is 2.70. The van der Waals surface area contributed by atoms with Crippen molar-refractivity contribution >= 4 is 0 Å². The lowest BCUT2D eigenvalue weighted by molar-refractivity contribution is 0.492. The Kier molecular flexibility index (Phi) is 5.20. The predicted octanol–water partition coefficient (Wildman–Crippen LogP) is 4.52. The lowest BCUT2D eigenvalue weighted by Gasteiger charge is -2.23. The molecule has 0 aliphatic rings. The van der Waals surface area contributed by atoms with Gasteiger partial charge >= 0.3 is 0 Å². The molecule has 0 fully saturated rings. The molecule has 1 aromatic rings. The van der Waals surface area contributed by atoms with Gasteiger partial charge in [-0.05, 0) is 60.3 Å². The van der Waals surface area contributed by atoms with Gasteiger partial charge in [-0.25, -0.2) is 0 Å². The summed E-state index contributed by atoms with van der Waals surface area (Å²) in [4.78, 5) is 0. The second-order valence-electron chi connectivity index (χ2n) is 7.43. The Morgan fingerprint density at radius 3 is 1.89 bits per heavy atom. The third kappa shape index (κ3) is 4.65. The summed E-state index contributed by atoms with van der Waals surface area (Å²) >= 11 is 0. The van der Waals surface area contributed by atoms with Crippen LogP contribution in [-0.4, -0.2) is 6.04 Å². The van der Waals surface area contributed by atoms with Gasteiger partial charge in [-0.1, -0.05) is 46.8 Å². The SMILES string of the molecule is Cc1cc(C(C)(C)C)cc(C)c1CC(N)CC(C)C. The van der Waals surface area contributed by atoms with Crippen molar-refractivity contribution in [3.05, 3.63) is 34.4 Å². The maximum atomic E-state index is 6.27. The highest BCUT2D eigenvalue weighted by Gasteiger charge is 2.17. The van der Waals surface area contributed by atoms with E-state index in [1.807, 2.05) is 0 Å². The molecule has 0 saturated carbocycles. The molecule has 1 unspecified atom stereocenters. The van der Waals surface area contributed by atoms with Gasteiger partial charge in [0.25, 0.3) is 0 Å². The average Bonchev–Trinajstić information content (AvgIpc) is 2.20. The van der Waals surface area contributed by atoms with Crippen molar-refractivity contribution in [1.29, 1.82) is 0 Å². The minimum atomic E-state index is 0.216. The van der Waals surface area contributed by atoms with Crippen LogP contribution < -0.4 is 5.73 Å². The molecule has 1 atom stereocenters. The molecule has 0 radical (unpaired) electrons. The molecule has 0 saturated heterocycles. The zero-order valence-electron chi connectivity index (χ0n) is 13.8. The Labute approximate surface area is 119 Å². The van der Waals surface area contributed by atoms with E-state index < -0.39 is 0 Å². The molecule has 0 bridgehead atoms. The standard InChI is InChI=1S/C18H31N/c1-12(2)8-16(19)11-17-13(3)9-15(10-14(17)4)18(5,6)7/h9-10,12,16H,8,11,19H2,1-7H3. The normalized spacial score (nSPS) is 13.9. The zero-order valence-corrected chi connectivity index (χ0v) is 13.8. The predicted molar refractivity (Wildman–Crippen MR) is 85.8 cm³/mol. The van der Waals surface area contributed by atoms with E-state index in [4.69, 9.17) is 5.73 Å². The molecule has 1 heteroatoms. The number of benzene rings is 1. The van der Waals surface area contributed by atoms with Crippen LogP contribution in [0.15, 0.2) is 12.1 Å². The first-order chi connectivity index (χ1) is 8.61. The Hall–Kier alpha value is -0.820. The van der Waals surface area contributed by atoms with Crippen LogP contribution in [-0.2, 0) is 11.8 Å². The molecule has 1 rings (SSSR count). The van der Waals surface area contributed by atoms with Crippen LogP contribution in [0.3, 0.4) is 0 Å². The van der Waals surface area contributed by atoms with Crippen molar-refractivity contribution in [2.45, 2.75) is 72.8 Å².